The predicted molar refractivity (Wildman–Crippen MR) is 61.8 cm³/mol. The Labute approximate surface area is 98.9 Å². The predicted octanol–water partition coefficient (Wildman–Crippen LogP) is 1.05. The highest BCUT2D eigenvalue weighted by Crippen LogP contribution is 2.01. The van der Waals surface area contributed by atoms with E-state index in [0.717, 1.165) is 12.8 Å². The Hall–Kier alpha value is -1.85. The van der Waals surface area contributed by atoms with E-state index >= 15 is 0 Å². The van der Waals surface area contributed by atoms with Crippen molar-refractivity contribution < 1.29 is 4.52 Å². The van der Waals surface area contributed by atoms with Crippen molar-refractivity contribution in [3.8, 4) is 0 Å². The summed E-state index contributed by atoms with van der Waals surface area (Å²) >= 11 is 0. The van der Waals surface area contributed by atoms with Gasteiger partial charge in [0.1, 0.15) is 6.54 Å². The fourth-order valence-electron chi connectivity index (χ4n) is 1.64. The molecule has 2 rings (SSSR count). The summed E-state index contributed by atoms with van der Waals surface area (Å²) in [7, 11) is 0. The van der Waals surface area contributed by atoms with Crippen molar-refractivity contribution in [1.82, 2.24) is 19.3 Å². The summed E-state index contributed by atoms with van der Waals surface area (Å²) in [6.07, 6.45) is 5.26. The van der Waals surface area contributed by atoms with Crippen molar-refractivity contribution in [3.63, 3.8) is 0 Å². The molecule has 2 aromatic rings. The van der Waals surface area contributed by atoms with Crippen molar-refractivity contribution in [1.29, 1.82) is 0 Å². The first-order valence-corrected chi connectivity index (χ1v) is 5.81. The number of hydrogen-bond donors (Lipinski definition) is 0. The standard InChI is InChI=1S/C11H16N4O2/c1-3-5-9-12-10(17-13-9)8-15-7-6-14(4-2)11(15)16/h6-7H,3-5,8H2,1-2H3. The number of nitrogens with zero attached hydrogens (tertiary/aromatic N) is 4. The molecule has 2 heterocycles. The normalized spacial score (nSPS) is 10.9. The van der Waals surface area contributed by atoms with Crippen molar-refractivity contribution in [2.45, 2.75) is 39.8 Å². The highest BCUT2D eigenvalue weighted by Gasteiger charge is 2.08. The number of aromatic nitrogens is 4. The second-order valence-corrected chi connectivity index (χ2v) is 3.85. The van der Waals surface area contributed by atoms with E-state index in [9.17, 15) is 4.79 Å². The SMILES string of the molecule is CCCc1noc(Cn2ccn(CC)c2=O)n1. The van der Waals surface area contributed by atoms with Crippen molar-refractivity contribution in [2.75, 3.05) is 0 Å². The number of rotatable bonds is 5. The maximum Gasteiger partial charge on any atom is 0.328 e. The molecule has 2 aromatic heterocycles. The molecule has 0 atom stereocenters. The van der Waals surface area contributed by atoms with E-state index in [-0.39, 0.29) is 5.69 Å². The minimum Gasteiger partial charge on any atom is -0.337 e. The molecule has 0 aromatic carbocycles. The fourth-order valence-corrected chi connectivity index (χ4v) is 1.64. The van der Waals surface area contributed by atoms with Crippen LogP contribution >= 0.6 is 0 Å². The molecular weight excluding hydrogens is 220 g/mol. The summed E-state index contributed by atoms with van der Waals surface area (Å²) in [6, 6.07) is 0. The Morgan fingerprint density at radius 2 is 2.06 bits per heavy atom. The molecule has 6 nitrogen and oxygen atoms in total. The average molecular weight is 236 g/mol. The van der Waals surface area contributed by atoms with E-state index in [2.05, 4.69) is 17.1 Å². The summed E-state index contributed by atoms with van der Waals surface area (Å²) in [4.78, 5) is 16.0. The largest absolute Gasteiger partial charge is 0.337 e. The Balaban J connectivity index is 2.14. The van der Waals surface area contributed by atoms with Crippen LogP contribution in [-0.2, 0) is 19.5 Å². The Morgan fingerprint density at radius 1 is 1.29 bits per heavy atom. The van der Waals surface area contributed by atoms with E-state index in [4.69, 9.17) is 4.52 Å². The zero-order chi connectivity index (χ0) is 12.3. The molecule has 6 heteroatoms. The zero-order valence-corrected chi connectivity index (χ0v) is 10.1. The minimum absolute atomic E-state index is 0.0530. The van der Waals surface area contributed by atoms with Crippen LogP contribution < -0.4 is 5.69 Å². The van der Waals surface area contributed by atoms with Gasteiger partial charge in [0.05, 0.1) is 0 Å². The molecule has 92 valence electrons. The molecule has 0 bridgehead atoms. The maximum absolute atomic E-state index is 11.8. The maximum atomic E-state index is 11.8. The lowest BCUT2D eigenvalue weighted by Crippen LogP contribution is -2.23. The van der Waals surface area contributed by atoms with Crippen molar-refractivity contribution in [3.05, 3.63) is 34.6 Å². The third-order valence-corrected chi connectivity index (χ3v) is 2.55. The van der Waals surface area contributed by atoms with Gasteiger partial charge in [0.25, 0.3) is 0 Å². The Morgan fingerprint density at radius 3 is 2.71 bits per heavy atom. The first kappa shape index (κ1) is 11.6. The third-order valence-electron chi connectivity index (χ3n) is 2.55. The van der Waals surface area contributed by atoms with E-state index in [1.165, 1.54) is 0 Å². The van der Waals surface area contributed by atoms with Gasteiger partial charge in [-0.15, -0.1) is 0 Å². The second kappa shape index (κ2) is 4.99. The molecule has 0 amide bonds. The summed E-state index contributed by atoms with van der Waals surface area (Å²) in [5.74, 6) is 1.18. The number of hydrogen-bond acceptors (Lipinski definition) is 4. The van der Waals surface area contributed by atoms with Crippen molar-refractivity contribution >= 4 is 0 Å². The van der Waals surface area contributed by atoms with Gasteiger partial charge in [-0.1, -0.05) is 12.1 Å². The Bertz CT molecular complexity index is 538. The van der Waals surface area contributed by atoms with Crippen LogP contribution in [0.3, 0.4) is 0 Å². The van der Waals surface area contributed by atoms with E-state index in [1.54, 1.807) is 21.5 Å². The number of aryl methyl sites for hydroxylation is 2. The molecule has 0 fully saturated rings. The smallest absolute Gasteiger partial charge is 0.328 e. The fraction of sp³-hybridized carbons (Fsp3) is 0.545. The molecule has 0 N–H and O–H groups in total. The van der Waals surface area contributed by atoms with Crippen molar-refractivity contribution in [2.24, 2.45) is 0 Å². The number of imidazole rings is 1. The molecule has 0 unspecified atom stereocenters. The van der Waals surface area contributed by atoms with E-state index in [1.807, 2.05) is 6.92 Å². The summed E-state index contributed by atoms with van der Waals surface area (Å²) in [5.41, 5.74) is -0.0530. The average Bonchev–Trinajstić information content (AvgIpc) is 2.89. The topological polar surface area (TPSA) is 65.8 Å². The van der Waals surface area contributed by atoms with Gasteiger partial charge in [-0.3, -0.25) is 9.13 Å². The van der Waals surface area contributed by atoms with Gasteiger partial charge < -0.3 is 4.52 Å². The summed E-state index contributed by atoms with van der Waals surface area (Å²) in [6.45, 7) is 4.99. The monoisotopic (exact) mass is 236 g/mol. The third kappa shape index (κ3) is 2.46. The molecule has 0 saturated heterocycles. The van der Waals surface area contributed by atoms with Gasteiger partial charge in [-0.05, 0) is 13.3 Å². The van der Waals surface area contributed by atoms with Gasteiger partial charge in [0.15, 0.2) is 5.82 Å². The highest BCUT2D eigenvalue weighted by molar-refractivity contribution is 4.90. The second-order valence-electron chi connectivity index (χ2n) is 3.85. The Kier molecular flexibility index (Phi) is 3.41. The van der Waals surface area contributed by atoms with Crippen LogP contribution in [-0.4, -0.2) is 19.3 Å². The van der Waals surface area contributed by atoms with Crippen LogP contribution in [0.2, 0.25) is 0 Å². The highest BCUT2D eigenvalue weighted by atomic mass is 16.5. The molecule has 0 saturated carbocycles. The summed E-state index contributed by atoms with van der Waals surface area (Å²) in [5, 5.41) is 3.85. The van der Waals surface area contributed by atoms with Gasteiger partial charge in [0, 0.05) is 25.4 Å². The lowest BCUT2D eigenvalue weighted by Gasteiger charge is -1.95. The first-order valence-electron chi connectivity index (χ1n) is 5.81. The molecule has 0 aliphatic rings. The quantitative estimate of drug-likeness (QED) is 0.778. The van der Waals surface area contributed by atoms with Crippen LogP contribution in [0.15, 0.2) is 21.7 Å². The van der Waals surface area contributed by atoms with Crippen LogP contribution in [0.1, 0.15) is 32.0 Å². The van der Waals surface area contributed by atoms with Gasteiger partial charge in [-0.25, -0.2) is 4.79 Å². The van der Waals surface area contributed by atoms with Gasteiger partial charge in [-0.2, -0.15) is 4.98 Å². The molecule has 0 aliphatic heterocycles. The van der Waals surface area contributed by atoms with Gasteiger partial charge in [0.2, 0.25) is 5.89 Å². The van der Waals surface area contributed by atoms with Crippen LogP contribution in [0.25, 0.3) is 0 Å². The molecule has 0 radical (unpaired) electrons. The van der Waals surface area contributed by atoms with Crippen LogP contribution in [0.5, 0.6) is 0 Å². The zero-order valence-electron chi connectivity index (χ0n) is 10.1. The summed E-state index contributed by atoms with van der Waals surface area (Å²) < 4.78 is 8.28. The molecular formula is C11H16N4O2. The molecule has 0 aliphatic carbocycles. The lowest BCUT2D eigenvalue weighted by molar-refractivity contribution is 0.364. The lowest BCUT2D eigenvalue weighted by atomic mass is 10.3. The minimum atomic E-state index is -0.0530. The van der Waals surface area contributed by atoms with Crippen LogP contribution in [0, 0.1) is 0 Å². The molecule has 0 spiro atoms. The molecule has 17 heavy (non-hydrogen) atoms. The van der Waals surface area contributed by atoms with Gasteiger partial charge >= 0.3 is 5.69 Å². The van der Waals surface area contributed by atoms with E-state index in [0.29, 0.717) is 24.8 Å². The van der Waals surface area contributed by atoms with Crippen LogP contribution in [0.4, 0.5) is 0 Å². The first-order chi connectivity index (χ1) is 8.24. The van der Waals surface area contributed by atoms with E-state index < -0.39 is 0 Å².